The van der Waals surface area contributed by atoms with E-state index in [-0.39, 0.29) is 6.09 Å². The third-order valence-electron chi connectivity index (χ3n) is 3.80. The molecule has 1 amide bonds. The van der Waals surface area contributed by atoms with Crippen LogP contribution >= 0.6 is 11.6 Å². The molecular weight excluding hydrogens is 316 g/mol. The van der Waals surface area contributed by atoms with Gasteiger partial charge in [0.2, 0.25) is 0 Å². The Labute approximate surface area is 140 Å². The van der Waals surface area contributed by atoms with Crippen LogP contribution in [-0.2, 0) is 11.3 Å². The van der Waals surface area contributed by atoms with Gasteiger partial charge in [0.25, 0.3) is 0 Å². The smallest absolute Gasteiger partial charge is 0.410 e. The number of rotatable bonds is 2. The van der Waals surface area contributed by atoms with Gasteiger partial charge in [-0.1, -0.05) is 11.6 Å². The summed E-state index contributed by atoms with van der Waals surface area (Å²) in [6.45, 7) is 9.73. The number of likely N-dealkylation sites (tertiary alicyclic amines) is 1. The van der Waals surface area contributed by atoms with Crippen LogP contribution in [0.3, 0.4) is 0 Å². The molecule has 0 radical (unpaired) electrons. The number of aromatic nitrogens is 3. The maximum atomic E-state index is 12.0. The standard InChI is InChI=1S/C16H21ClN4O2/c1-10-18-12-5-6-13(17)19-14(12)21(10)9-11-7-20(8-11)15(22)23-16(2,3)4/h5-6,11H,7-9H2,1-4H3. The number of amides is 1. The first-order chi connectivity index (χ1) is 10.7. The summed E-state index contributed by atoms with van der Waals surface area (Å²) in [7, 11) is 0. The van der Waals surface area contributed by atoms with Gasteiger partial charge in [0.1, 0.15) is 22.1 Å². The van der Waals surface area contributed by atoms with E-state index < -0.39 is 5.60 Å². The summed E-state index contributed by atoms with van der Waals surface area (Å²) in [6, 6.07) is 3.62. The molecule has 0 spiro atoms. The van der Waals surface area contributed by atoms with Gasteiger partial charge < -0.3 is 14.2 Å². The summed E-state index contributed by atoms with van der Waals surface area (Å²) in [4.78, 5) is 22.6. The van der Waals surface area contributed by atoms with Gasteiger partial charge in [0.15, 0.2) is 5.65 Å². The van der Waals surface area contributed by atoms with E-state index in [4.69, 9.17) is 16.3 Å². The first-order valence-electron chi connectivity index (χ1n) is 7.70. The molecule has 0 bridgehead atoms. The maximum Gasteiger partial charge on any atom is 0.410 e. The van der Waals surface area contributed by atoms with Crippen molar-refractivity contribution in [3.63, 3.8) is 0 Å². The molecule has 2 aromatic rings. The van der Waals surface area contributed by atoms with Gasteiger partial charge in [-0.05, 0) is 39.8 Å². The van der Waals surface area contributed by atoms with Crippen LogP contribution in [0.5, 0.6) is 0 Å². The van der Waals surface area contributed by atoms with Crippen molar-refractivity contribution in [2.45, 2.75) is 39.8 Å². The van der Waals surface area contributed by atoms with Crippen LogP contribution in [0.25, 0.3) is 11.2 Å². The summed E-state index contributed by atoms with van der Waals surface area (Å²) in [5.74, 6) is 1.28. The lowest BCUT2D eigenvalue weighted by atomic mass is 10.0. The Morgan fingerprint density at radius 2 is 2.04 bits per heavy atom. The summed E-state index contributed by atoms with van der Waals surface area (Å²) in [5.41, 5.74) is 1.18. The van der Waals surface area contributed by atoms with Gasteiger partial charge in [0, 0.05) is 25.6 Å². The molecule has 0 unspecified atom stereocenters. The largest absolute Gasteiger partial charge is 0.444 e. The Morgan fingerprint density at radius 1 is 1.35 bits per heavy atom. The zero-order chi connectivity index (χ0) is 16.8. The third-order valence-corrected chi connectivity index (χ3v) is 4.01. The molecule has 1 aliphatic heterocycles. The Kier molecular flexibility index (Phi) is 3.96. The van der Waals surface area contributed by atoms with Crippen LogP contribution in [0.1, 0.15) is 26.6 Å². The second-order valence-corrected chi connectivity index (χ2v) is 7.38. The van der Waals surface area contributed by atoms with Crippen molar-refractivity contribution >= 4 is 28.9 Å². The average molecular weight is 337 g/mol. The van der Waals surface area contributed by atoms with Crippen molar-refractivity contribution in [3.05, 3.63) is 23.1 Å². The minimum Gasteiger partial charge on any atom is -0.444 e. The molecule has 0 aromatic carbocycles. The number of hydrogen-bond acceptors (Lipinski definition) is 4. The molecule has 2 aromatic heterocycles. The molecule has 0 atom stereocenters. The zero-order valence-electron chi connectivity index (χ0n) is 13.8. The minimum absolute atomic E-state index is 0.248. The van der Waals surface area contributed by atoms with Gasteiger partial charge in [0.05, 0.1) is 0 Å². The number of ether oxygens (including phenoxy) is 1. The Hall–Kier alpha value is -1.82. The van der Waals surface area contributed by atoms with E-state index in [1.54, 1.807) is 11.0 Å². The number of carbonyl (C=O) groups is 1. The molecule has 0 N–H and O–H groups in total. The molecule has 6 nitrogen and oxygen atoms in total. The summed E-state index contributed by atoms with van der Waals surface area (Å²) in [5, 5.41) is 0.461. The van der Waals surface area contributed by atoms with Gasteiger partial charge >= 0.3 is 6.09 Å². The molecule has 1 fully saturated rings. The first kappa shape index (κ1) is 16.1. The van der Waals surface area contributed by atoms with Crippen LogP contribution in [0.2, 0.25) is 5.15 Å². The molecule has 0 saturated carbocycles. The number of pyridine rings is 1. The van der Waals surface area contributed by atoms with E-state index in [9.17, 15) is 4.79 Å². The molecular formula is C16H21ClN4O2. The van der Waals surface area contributed by atoms with Crippen LogP contribution in [-0.4, -0.2) is 44.2 Å². The van der Waals surface area contributed by atoms with Gasteiger partial charge in [-0.3, -0.25) is 0 Å². The van der Waals surface area contributed by atoms with Crippen LogP contribution < -0.4 is 0 Å². The number of hydrogen-bond donors (Lipinski definition) is 0. The highest BCUT2D eigenvalue weighted by Crippen LogP contribution is 2.24. The van der Waals surface area contributed by atoms with Crippen molar-refractivity contribution in [1.82, 2.24) is 19.4 Å². The quantitative estimate of drug-likeness (QED) is 0.790. The fraction of sp³-hybridized carbons (Fsp3) is 0.562. The Bertz CT molecular complexity index is 744. The van der Waals surface area contributed by atoms with Crippen LogP contribution in [0.15, 0.2) is 12.1 Å². The number of imidazole rings is 1. The summed E-state index contributed by atoms with van der Waals surface area (Å²) >= 11 is 5.99. The number of aryl methyl sites for hydroxylation is 1. The number of nitrogens with zero attached hydrogens (tertiary/aromatic N) is 4. The second-order valence-electron chi connectivity index (χ2n) is 7.00. The predicted molar refractivity (Wildman–Crippen MR) is 88.6 cm³/mol. The molecule has 1 saturated heterocycles. The van der Waals surface area contributed by atoms with E-state index in [1.165, 1.54) is 0 Å². The summed E-state index contributed by atoms with van der Waals surface area (Å²) < 4.78 is 7.44. The van der Waals surface area contributed by atoms with Crippen molar-refractivity contribution in [2.75, 3.05) is 13.1 Å². The molecule has 3 heterocycles. The second kappa shape index (κ2) is 5.67. The number of fused-ring (bicyclic) bond motifs is 1. The fourth-order valence-electron chi connectivity index (χ4n) is 2.73. The average Bonchev–Trinajstić information content (AvgIpc) is 2.66. The fourth-order valence-corrected chi connectivity index (χ4v) is 2.87. The molecule has 23 heavy (non-hydrogen) atoms. The van der Waals surface area contributed by atoms with Crippen molar-refractivity contribution < 1.29 is 9.53 Å². The SMILES string of the molecule is Cc1nc2ccc(Cl)nc2n1CC1CN(C(=O)OC(C)(C)C)C1. The highest BCUT2D eigenvalue weighted by Gasteiger charge is 2.34. The first-order valence-corrected chi connectivity index (χ1v) is 8.08. The molecule has 7 heteroatoms. The monoisotopic (exact) mass is 336 g/mol. The Balaban J connectivity index is 1.65. The number of carbonyl (C=O) groups excluding carboxylic acids is 1. The normalized spacial score (nSPS) is 15.8. The lowest BCUT2D eigenvalue weighted by Crippen LogP contribution is -2.52. The van der Waals surface area contributed by atoms with Crippen LogP contribution in [0, 0.1) is 12.8 Å². The van der Waals surface area contributed by atoms with E-state index in [1.807, 2.05) is 33.8 Å². The van der Waals surface area contributed by atoms with Crippen molar-refractivity contribution in [2.24, 2.45) is 5.92 Å². The zero-order valence-corrected chi connectivity index (χ0v) is 14.6. The topological polar surface area (TPSA) is 60.2 Å². The van der Waals surface area contributed by atoms with Gasteiger partial charge in [-0.25, -0.2) is 14.8 Å². The van der Waals surface area contributed by atoms with E-state index in [0.29, 0.717) is 24.2 Å². The van der Waals surface area contributed by atoms with Gasteiger partial charge in [-0.15, -0.1) is 0 Å². The summed E-state index contributed by atoms with van der Waals surface area (Å²) in [6.07, 6.45) is -0.248. The minimum atomic E-state index is -0.458. The molecule has 124 valence electrons. The van der Waals surface area contributed by atoms with Gasteiger partial charge in [-0.2, -0.15) is 0 Å². The molecule has 3 rings (SSSR count). The number of halogens is 1. The van der Waals surface area contributed by atoms with E-state index in [2.05, 4.69) is 14.5 Å². The Morgan fingerprint density at radius 3 is 2.70 bits per heavy atom. The highest BCUT2D eigenvalue weighted by atomic mass is 35.5. The molecule has 1 aliphatic rings. The van der Waals surface area contributed by atoms with E-state index >= 15 is 0 Å². The highest BCUT2D eigenvalue weighted by molar-refractivity contribution is 6.29. The lowest BCUT2D eigenvalue weighted by molar-refractivity contribution is -0.00325. The van der Waals surface area contributed by atoms with Crippen molar-refractivity contribution in [3.8, 4) is 0 Å². The van der Waals surface area contributed by atoms with Crippen molar-refractivity contribution in [1.29, 1.82) is 0 Å². The lowest BCUT2D eigenvalue weighted by Gasteiger charge is -2.40. The molecule has 0 aliphatic carbocycles. The third kappa shape index (κ3) is 3.42. The predicted octanol–water partition coefficient (Wildman–Crippen LogP) is 3.26. The maximum absolute atomic E-state index is 12.0. The van der Waals surface area contributed by atoms with E-state index in [0.717, 1.165) is 23.5 Å². The van der Waals surface area contributed by atoms with Crippen LogP contribution in [0.4, 0.5) is 4.79 Å².